The fourth-order valence-electron chi connectivity index (χ4n) is 1.41. The lowest BCUT2D eigenvalue weighted by atomic mass is 10.3. The standard InChI is InChI=1S/C10H15N3O3/c1-2-3-11-9(15)10(16)13-6-4-12(8-14)5-7-13/h2,8H,1,3-7H2,(H,11,15). The molecule has 0 aromatic rings. The maximum Gasteiger partial charge on any atom is 0.312 e. The van der Waals surface area contributed by atoms with Crippen molar-refractivity contribution >= 4 is 18.2 Å². The molecule has 6 nitrogen and oxygen atoms in total. The van der Waals surface area contributed by atoms with Crippen LogP contribution >= 0.6 is 0 Å². The Morgan fingerprint density at radius 2 is 1.88 bits per heavy atom. The second-order valence-electron chi connectivity index (χ2n) is 3.43. The smallest absolute Gasteiger partial charge is 0.312 e. The van der Waals surface area contributed by atoms with E-state index in [1.54, 1.807) is 4.90 Å². The van der Waals surface area contributed by atoms with Crippen LogP contribution in [0.3, 0.4) is 0 Å². The van der Waals surface area contributed by atoms with Gasteiger partial charge in [-0.1, -0.05) is 6.08 Å². The summed E-state index contributed by atoms with van der Waals surface area (Å²) in [4.78, 5) is 36.4. The second-order valence-corrected chi connectivity index (χ2v) is 3.43. The van der Waals surface area contributed by atoms with Crippen molar-refractivity contribution in [2.75, 3.05) is 32.7 Å². The highest BCUT2D eigenvalue weighted by Gasteiger charge is 2.24. The lowest BCUT2D eigenvalue weighted by Gasteiger charge is -2.31. The molecule has 0 aromatic heterocycles. The van der Waals surface area contributed by atoms with Crippen molar-refractivity contribution in [3.8, 4) is 0 Å². The van der Waals surface area contributed by atoms with Gasteiger partial charge in [0.1, 0.15) is 0 Å². The average Bonchev–Trinajstić information content (AvgIpc) is 2.35. The SMILES string of the molecule is C=CCNC(=O)C(=O)N1CCN(C=O)CC1. The molecule has 0 aliphatic carbocycles. The van der Waals surface area contributed by atoms with Gasteiger partial charge < -0.3 is 15.1 Å². The van der Waals surface area contributed by atoms with E-state index in [0.29, 0.717) is 26.2 Å². The molecule has 1 saturated heterocycles. The Balaban J connectivity index is 2.40. The van der Waals surface area contributed by atoms with E-state index in [1.807, 2.05) is 0 Å². The lowest BCUT2D eigenvalue weighted by molar-refractivity contribution is -0.147. The minimum Gasteiger partial charge on any atom is -0.344 e. The van der Waals surface area contributed by atoms with Gasteiger partial charge in [-0.15, -0.1) is 6.58 Å². The van der Waals surface area contributed by atoms with Gasteiger partial charge in [0.15, 0.2) is 0 Å². The van der Waals surface area contributed by atoms with Gasteiger partial charge in [-0.3, -0.25) is 14.4 Å². The number of nitrogens with zero attached hydrogens (tertiary/aromatic N) is 2. The van der Waals surface area contributed by atoms with E-state index in [2.05, 4.69) is 11.9 Å². The number of hydrogen-bond acceptors (Lipinski definition) is 3. The fraction of sp³-hybridized carbons (Fsp3) is 0.500. The van der Waals surface area contributed by atoms with E-state index in [-0.39, 0.29) is 6.54 Å². The van der Waals surface area contributed by atoms with Crippen LogP contribution in [0.1, 0.15) is 0 Å². The highest BCUT2D eigenvalue weighted by atomic mass is 16.2. The summed E-state index contributed by atoms with van der Waals surface area (Å²) in [6.07, 6.45) is 2.26. The third-order valence-electron chi connectivity index (χ3n) is 2.35. The summed E-state index contributed by atoms with van der Waals surface area (Å²) < 4.78 is 0. The zero-order chi connectivity index (χ0) is 12.0. The van der Waals surface area contributed by atoms with Crippen LogP contribution in [-0.4, -0.2) is 60.7 Å². The molecule has 6 heteroatoms. The van der Waals surface area contributed by atoms with Crippen LogP contribution in [0.4, 0.5) is 0 Å². The average molecular weight is 225 g/mol. The monoisotopic (exact) mass is 225 g/mol. The van der Waals surface area contributed by atoms with Crippen molar-refractivity contribution < 1.29 is 14.4 Å². The largest absolute Gasteiger partial charge is 0.344 e. The predicted molar refractivity (Wildman–Crippen MR) is 57.4 cm³/mol. The molecule has 0 bridgehead atoms. The molecule has 0 atom stereocenters. The molecule has 1 heterocycles. The maximum atomic E-state index is 11.6. The van der Waals surface area contributed by atoms with Gasteiger partial charge in [0.05, 0.1) is 0 Å². The fourth-order valence-corrected chi connectivity index (χ4v) is 1.41. The molecule has 1 rings (SSSR count). The van der Waals surface area contributed by atoms with Gasteiger partial charge in [-0.05, 0) is 0 Å². The first-order valence-electron chi connectivity index (χ1n) is 5.06. The van der Waals surface area contributed by atoms with Crippen LogP contribution < -0.4 is 5.32 Å². The number of hydrogen-bond donors (Lipinski definition) is 1. The number of rotatable bonds is 3. The summed E-state index contributed by atoms with van der Waals surface area (Å²) in [5.41, 5.74) is 0. The number of carbonyl (C=O) groups excluding carboxylic acids is 3. The molecule has 1 N–H and O–H groups in total. The Morgan fingerprint density at radius 3 is 2.38 bits per heavy atom. The Hall–Kier alpha value is -1.85. The highest BCUT2D eigenvalue weighted by molar-refractivity contribution is 6.35. The Kier molecular flexibility index (Phi) is 4.50. The first-order valence-corrected chi connectivity index (χ1v) is 5.06. The quantitative estimate of drug-likeness (QED) is 0.364. The first kappa shape index (κ1) is 12.2. The molecule has 0 saturated carbocycles. The molecule has 16 heavy (non-hydrogen) atoms. The highest BCUT2D eigenvalue weighted by Crippen LogP contribution is 1.99. The van der Waals surface area contributed by atoms with E-state index in [0.717, 1.165) is 6.41 Å². The van der Waals surface area contributed by atoms with E-state index in [1.165, 1.54) is 11.0 Å². The Morgan fingerprint density at radius 1 is 1.25 bits per heavy atom. The molecule has 0 spiro atoms. The summed E-state index contributed by atoms with van der Waals surface area (Å²) in [6.45, 7) is 5.47. The van der Waals surface area contributed by atoms with Crippen LogP contribution in [0.15, 0.2) is 12.7 Å². The molecule has 1 aliphatic rings. The zero-order valence-corrected chi connectivity index (χ0v) is 9.02. The van der Waals surface area contributed by atoms with E-state index in [4.69, 9.17) is 0 Å². The Labute approximate surface area is 93.9 Å². The first-order chi connectivity index (χ1) is 7.69. The number of amides is 3. The van der Waals surface area contributed by atoms with Crippen molar-refractivity contribution in [2.24, 2.45) is 0 Å². The molecule has 0 aromatic carbocycles. The van der Waals surface area contributed by atoms with Crippen LogP contribution in [0.2, 0.25) is 0 Å². The van der Waals surface area contributed by atoms with Gasteiger partial charge in [0.2, 0.25) is 6.41 Å². The van der Waals surface area contributed by atoms with Gasteiger partial charge in [0, 0.05) is 32.7 Å². The third kappa shape index (κ3) is 3.08. The van der Waals surface area contributed by atoms with Crippen molar-refractivity contribution in [1.82, 2.24) is 15.1 Å². The summed E-state index contributed by atoms with van der Waals surface area (Å²) in [5.74, 6) is -1.17. The number of carbonyl (C=O) groups is 3. The molecule has 3 amide bonds. The normalized spacial score (nSPS) is 15.5. The summed E-state index contributed by atoms with van der Waals surface area (Å²) in [7, 11) is 0. The molecule has 0 unspecified atom stereocenters. The molecular weight excluding hydrogens is 210 g/mol. The lowest BCUT2D eigenvalue weighted by Crippen LogP contribution is -2.52. The maximum absolute atomic E-state index is 11.6. The van der Waals surface area contributed by atoms with Gasteiger partial charge in [0.25, 0.3) is 0 Å². The summed E-state index contributed by atoms with van der Waals surface area (Å²) in [6, 6.07) is 0. The van der Waals surface area contributed by atoms with Gasteiger partial charge >= 0.3 is 11.8 Å². The summed E-state index contributed by atoms with van der Waals surface area (Å²) in [5, 5.41) is 2.42. The van der Waals surface area contributed by atoms with Gasteiger partial charge in [-0.25, -0.2) is 0 Å². The van der Waals surface area contributed by atoms with Crippen molar-refractivity contribution in [3.05, 3.63) is 12.7 Å². The molecule has 88 valence electrons. The molecular formula is C10H15N3O3. The zero-order valence-electron chi connectivity index (χ0n) is 9.02. The van der Waals surface area contributed by atoms with E-state index >= 15 is 0 Å². The van der Waals surface area contributed by atoms with Crippen molar-refractivity contribution in [2.45, 2.75) is 0 Å². The topological polar surface area (TPSA) is 69.7 Å². The molecule has 1 aliphatic heterocycles. The number of piperazine rings is 1. The number of nitrogens with one attached hydrogen (secondary N) is 1. The minimum absolute atomic E-state index is 0.277. The molecule has 0 radical (unpaired) electrons. The van der Waals surface area contributed by atoms with Crippen molar-refractivity contribution in [1.29, 1.82) is 0 Å². The van der Waals surface area contributed by atoms with E-state index < -0.39 is 11.8 Å². The van der Waals surface area contributed by atoms with Crippen LogP contribution in [-0.2, 0) is 14.4 Å². The summed E-state index contributed by atoms with van der Waals surface area (Å²) >= 11 is 0. The van der Waals surface area contributed by atoms with Crippen LogP contribution in [0.5, 0.6) is 0 Å². The minimum atomic E-state index is -0.626. The van der Waals surface area contributed by atoms with Crippen LogP contribution in [0.25, 0.3) is 0 Å². The predicted octanol–water partition coefficient (Wildman–Crippen LogP) is -1.41. The third-order valence-corrected chi connectivity index (χ3v) is 2.35. The van der Waals surface area contributed by atoms with Gasteiger partial charge in [-0.2, -0.15) is 0 Å². The van der Waals surface area contributed by atoms with E-state index in [9.17, 15) is 14.4 Å². The van der Waals surface area contributed by atoms with Crippen LogP contribution in [0, 0.1) is 0 Å². The second kappa shape index (κ2) is 5.89. The molecule has 1 fully saturated rings. The van der Waals surface area contributed by atoms with Crippen molar-refractivity contribution in [3.63, 3.8) is 0 Å². The Bertz CT molecular complexity index is 296.